The number of piperazine rings is 1. The molecule has 0 unspecified atom stereocenters. The molecule has 0 radical (unpaired) electrons. The first-order chi connectivity index (χ1) is 13.6. The van der Waals surface area contributed by atoms with Gasteiger partial charge in [0.05, 0.1) is 12.2 Å². The number of furan rings is 1. The fraction of sp³-hybridized carbons (Fsp3) is 0.474. The van der Waals surface area contributed by atoms with E-state index in [0.29, 0.717) is 57.9 Å². The van der Waals surface area contributed by atoms with Crippen LogP contribution in [0.2, 0.25) is 0 Å². The van der Waals surface area contributed by atoms with E-state index in [1.54, 1.807) is 23.4 Å². The molecule has 0 aromatic carbocycles. The number of carbonyl (C=O) groups is 2. The number of aromatic nitrogens is 2. The molecular weight excluding hydrogens is 362 g/mol. The minimum atomic E-state index is -0.718. The number of anilines is 2. The number of aliphatic carboxylic acids is 1. The number of rotatable bonds is 4. The molecule has 4 rings (SSSR count). The Bertz CT molecular complexity index is 825. The molecule has 1 amide bonds. The molecule has 9 nitrogen and oxygen atoms in total. The van der Waals surface area contributed by atoms with Gasteiger partial charge in [0.1, 0.15) is 18.0 Å². The van der Waals surface area contributed by atoms with Crippen LogP contribution in [0.25, 0.3) is 0 Å². The highest BCUT2D eigenvalue weighted by molar-refractivity contribution is 5.91. The van der Waals surface area contributed by atoms with Gasteiger partial charge in [-0.25, -0.2) is 9.97 Å². The Morgan fingerprint density at radius 1 is 1.00 bits per heavy atom. The minimum absolute atomic E-state index is 0.0886. The fourth-order valence-corrected chi connectivity index (χ4v) is 3.73. The van der Waals surface area contributed by atoms with E-state index in [1.807, 2.05) is 6.07 Å². The quantitative estimate of drug-likeness (QED) is 0.841. The first-order valence-corrected chi connectivity index (χ1v) is 9.49. The predicted molar refractivity (Wildman–Crippen MR) is 101 cm³/mol. The van der Waals surface area contributed by atoms with Crippen molar-refractivity contribution in [1.82, 2.24) is 14.9 Å². The van der Waals surface area contributed by atoms with Gasteiger partial charge in [0, 0.05) is 45.3 Å². The maximum atomic E-state index is 12.4. The SMILES string of the molecule is O=C(O)C1CCN(c2cc(N3CCN(C(=O)c4ccco4)CC3)ncn2)CC1. The molecule has 0 atom stereocenters. The highest BCUT2D eigenvalue weighted by Crippen LogP contribution is 2.24. The summed E-state index contributed by atoms with van der Waals surface area (Å²) in [5.41, 5.74) is 0. The zero-order valence-corrected chi connectivity index (χ0v) is 15.5. The van der Waals surface area contributed by atoms with Crippen LogP contribution in [0.4, 0.5) is 11.6 Å². The number of amides is 1. The molecule has 2 aliphatic rings. The lowest BCUT2D eigenvalue weighted by Crippen LogP contribution is -2.49. The summed E-state index contributed by atoms with van der Waals surface area (Å²) in [7, 11) is 0. The van der Waals surface area contributed by atoms with Gasteiger partial charge in [-0.15, -0.1) is 0 Å². The summed E-state index contributed by atoms with van der Waals surface area (Å²) < 4.78 is 5.20. The Morgan fingerprint density at radius 3 is 2.21 bits per heavy atom. The largest absolute Gasteiger partial charge is 0.481 e. The van der Waals surface area contributed by atoms with Gasteiger partial charge in [0.15, 0.2) is 5.76 Å². The lowest BCUT2D eigenvalue weighted by Gasteiger charge is -2.36. The molecule has 2 fully saturated rings. The number of carboxylic acid groups (broad SMARTS) is 1. The minimum Gasteiger partial charge on any atom is -0.481 e. The Labute approximate surface area is 162 Å². The summed E-state index contributed by atoms with van der Waals surface area (Å²) in [6.07, 6.45) is 4.31. The van der Waals surface area contributed by atoms with Gasteiger partial charge in [0.25, 0.3) is 5.91 Å². The van der Waals surface area contributed by atoms with E-state index in [2.05, 4.69) is 19.8 Å². The summed E-state index contributed by atoms with van der Waals surface area (Å²) in [6, 6.07) is 5.34. The first kappa shape index (κ1) is 18.3. The Morgan fingerprint density at radius 2 is 1.64 bits per heavy atom. The highest BCUT2D eigenvalue weighted by atomic mass is 16.4. The lowest BCUT2D eigenvalue weighted by atomic mass is 9.97. The Balaban J connectivity index is 1.36. The number of carboxylic acids is 1. The van der Waals surface area contributed by atoms with Crippen LogP contribution in [-0.2, 0) is 4.79 Å². The van der Waals surface area contributed by atoms with Gasteiger partial charge in [-0.2, -0.15) is 0 Å². The maximum absolute atomic E-state index is 12.4. The maximum Gasteiger partial charge on any atom is 0.306 e. The molecule has 1 N–H and O–H groups in total. The van der Waals surface area contributed by atoms with Crippen molar-refractivity contribution in [2.45, 2.75) is 12.8 Å². The van der Waals surface area contributed by atoms with Crippen molar-refractivity contribution in [2.75, 3.05) is 49.1 Å². The highest BCUT2D eigenvalue weighted by Gasteiger charge is 2.27. The summed E-state index contributed by atoms with van der Waals surface area (Å²) in [5.74, 6) is 0.942. The third kappa shape index (κ3) is 3.78. The van der Waals surface area contributed by atoms with E-state index in [0.717, 1.165) is 11.6 Å². The molecule has 0 saturated carbocycles. The van der Waals surface area contributed by atoms with Crippen molar-refractivity contribution in [2.24, 2.45) is 5.92 Å². The molecule has 2 aromatic rings. The second kappa shape index (κ2) is 7.87. The average molecular weight is 385 g/mol. The number of nitrogens with zero attached hydrogens (tertiary/aromatic N) is 5. The molecule has 9 heteroatoms. The molecule has 2 aromatic heterocycles. The smallest absolute Gasteiger partial charge is 0.306 e. The monoisotopic (exact) mass is 385 g/mol. The van der Waals surface area contributed by atoms with Crippen molar-refractivity contribution in [3.05, 3.63) is 36.5 Å². The van der Waals surface area contributed by atoms with Crippen LogP contribution in [-0.4, -0.2) is 71.1 Å². The number of carbonyl (C=O) groups excluding carboxylic acids is 1. The van der Waals surface area contributed by atoms with Gasteiger partial charge < -0.3 is 24.2 Å². The summed E-state index contributed by atoms with van der Waals surface area (Å²) in [4.78, 5) is 38.3. The van der Waals surface area contributed by atoms with Gasteiger partial charge in [-0.1, -0.05) is 0 Å². The summed E-state index contributed by atoms with van der Waals surface area (Å²) >= 11 is 0. The van der Waals surface area contributed by atoms with Crippen LogP contribution in [0.5, 0.6) is 0 Å². The van der Waals surface area contributed by atoms with E-state index in [-0.39, 0.29) is 11.8 Å². The van der Waals surface area contributed by atoms with Crippen LogP contribution >= 0.6 is 0 Å². The van der Waals surface area contributed by atoms with Gasteiger partial charge in [-0.05, 0) is 25.0 Å². The van der Waals surface area contributed by atoms with Crippen LogP contribution in [0.1, 0.15) is 23.4 Å². The molecule has 0 aliphatic carbocycles. The Hall–Kier alpha value is -3.10. The molecule has 28 heavy (non-hydrogen) atoms. The predicted octanol–water partition coefficient (Wildman–Crippen LogP) is 1.33. The van der Waals surface area contributed by atoms with Crippen LogP contribution in [0, 0.1) is 5.92 Å². The molecule has 148 valence electrons. The van der Waals surface area contributed by atoms with Crippen molar-refractivity contribution in [1.29, 1.82) is 0 Å². The standard InChI is InChI=1S/C19H23N5O4/c25-18(15-2-1-11-28-15)24-9-7-23(8-10-24)17-12-16(20-13-21-17)22-5-3-14(4-6-22)19(26)27/h1-2,11-14H,3-10H2,(H,26,27). The second-order valence-electron chi connectivity index (χ2n) is 7.09. The average Bonchev–Trinajstić information content (AvgIpc) is 3.28. The lowest BCUT2D eigenvalue weighted by molar-refractivity contribution is -0.142. The zero-order chi connectivity index (χ0) is 19.5. The summed E-state index contributed by atoms with van der Waals surface area (Å²) in [5, 5.41) is 9.15. The molecular formula is C19H23N5O4. The van der Waals surface area contributed by atoms with Crippen molar-refractivity contribution < 1.29 is 19.1 Å². The van der Waals surface area contributed by atoms with Gasteiger partial charge >= 0.3 is 5.97 Å². The van der Waals surface area contributed by atoms with Crippen LogP contribution < -0.4 is 9.80 Å². The van der Waals surface area contributed by atoms with Crippen molar-refractivity contribution in [3.8, 4) is 0 Å². The number of hydrogen-bond acceptors (Lipinski definition) is 7. The number of hydrogen-bond donors (Lipinski definition) is 1. The van der Waals surface area contributed by atoms with Crippen molar-refractivity contribution >= 4 is 23.5 Å². The molecule has 2 aliphatic heterocycles. The van der Waals surface area contributed by atoms with E-state index in [9.17, 15) is 9.59 Å². The molecule has 0 bridgehead atoms. The normalized spacial score (nSPS) is 18.4. The van der Waals surface area contributed by atoms with E-state index >= 15 is 0 Å². The van der Waals surface area contributed by atoms with E-state index < -0.39 is 5.97 Å². The molecule has 2 saturated heterocycles. The van der Waals surface area contributed by atoms with Crippen molar-refractivity contribution in [3.63, 3.8) is 0 Å². The fourth-order valence-electron chi connectivity index (χ4n) is 3.73. The second-order valence-corrected chi connectivity index (χ2v) is 7.09. The third-order valence-electron chi connectivity index (χ3n) is 5.43. The summed E-state index contributed by atoms with van der Waals surface area (Å²) in [6.45, 7) is 3.93. The molecule has 0 spiro atoms. The van der Waals surface area contributed by atoms with Gasteiger partial charge in [-0.3, -0.25) is 9.59 Å². The van der Waals surface area contributed by atoms with Crippen LogP contribution in [0.15, 0.2) is 35.2 Å². The number of piperidine rings is 1. The van der Waals surface area contributed by atoms with E-state index in [1.165, 1.54) is 6.26 Å². The van der Waals surface area contributed by atoms with Gasteiger partial charge in [0.2, 0.25) is 0 Å². The first-order valence-electron chi connectivity index (χ1n) is 9.49. The van der Waals surface area contributed by atoms with E-state index in [4.69, 9.17) is 9.52 Å². The zero-order valence-electron chi connectivity index (χ0n) is 15.5. The van der Waals surface area contributed by atoms with Crippen LogP contribution in [0.3, 0.4) is 0 Å². The third-order valence-corrected chi connectivity index (χ3v) is 5.43. The molecule has 4 heterocycles. The topological polar surface area (TPSA) is 103 Å². The Kier molecular flexibility index (Phi) is 5.14.